The average molecular weight is 253 g/mol. The first-order valence-corrected chi connectivity index (χ1v) is 5.56. The number of hydrogen-bond acceptors (Lipinski definition) is 6. The van der Waals surface area contributed by atoms with E-state index in [2.05, 4.69) is 10.3 Å². The van der Waals surface area contributed by atoms with Crippen LogP contribution in [0.2, 0.25) is 0 Å². The zero-order valence-electron chi connectivity index (χ0n) is 10.3. The van der Waals surface area contributed by atoms with Gasteiger partial charge in [-0.1, -0.05) is 0 Å². The molecule has 0 bridgehead atoms. The van der Waals surface area contributed by atoms with E-state index in [1.54, 1.807) is 13.8 Å². The molecule has 1 aromatic rings. The Hall–Kier alpha value is -2.18. The summed E-state index contributed by atoms with van der Waals surface area (Å²) in [6.45, 7) is 3.77. The van der Waals surface area contributed by atoms with Gasteiger partial charge in [0.15, 0.2) is 0 Å². The lowest BCUT2D eigenvalue weighted by Gasteiger charge is -2.13. The molecule has 1 aromatic heterocycles. The maximum absolute atomic E-state index is 11.2. The summed E-state index contributed by atoms with van der Waals surface area (Å²) < 4.78 is 4.79. The van der Waals surface area contributed by atoms with Gasteiger partial charge in [-0.05, 0) is 19.9 Å². The summed E-state index contributed by atoms with van der Waals surface area (Å²) in [6, 6.07) is 2.55. The molecule has 1 rings (SSSR count). The van der Waals surface area contributed by atoms with Crippen LogP contribution in [0, 0.1) is 10.1 Å². The van der Waals surface area contributed by atoms with Crippen LogP contribution in [0.1, 0.15) is 20.3 Å². The van der Waals surface area contributed by atoms with Crippen molar-refractivity contribution in [3.8, 4) is 0 Å². The molecule has 18 heavy (non-hydrogen) atoms. The molecule has 0 saturated carbocycles. The van der Waals surface area contributed by atoms with Crippen molar-refractivity contribution in [2.24, 2.45) is 0 Å². The molecule has 0 aliphatic heterocycles. The average Bonchev–Trinajstić information content (AvgIpc) is 2.29. The lowest BCUT2D eigenvalue weighted by molar-refractivity contribution is -0.384. The number of ether oxygens (including phenoxy) is 1. The van der Waals surface area contributed by atoms with E-state index in [0.717, 1.165) is 0 Å². The van der Waals surface area contributed by atoms with Gasteiger partial charge in [-0.25, -0.2) is 4.98 Å². The third-order valence-corrected chi connectivity index (χ3v) is 2.14. The van der Waals surface area contributed by atoms with Crippen LogP contribution in [0.25, 0.3) is 0 Å². The molecule has 0 aliphatic carbocycles. The lowest BCUT2D eigenvalue weighted by Crippen LogP contribution is -2.22. The summed E-state index contributed by atoms with van der Waals surface area (Å²) in [7, 11) is 0. The minimum Gasteiger partial charge on any atom is -0.466 e. The number of nitrogens with one attached hydrogen (secondary N) is 1. The number of nitro groups is 1. The van der Waals surface area contributed by atoms with Crippen LogP contribution >= 0.6 is 0 Å². The third kappa shape index (κ3) is 4.00. The summed E-state index contributed by atoms with van der Waals surface area (Å²) >= 11 is 0. The highest BCUT2D eigenvalue weighted by Crippen LogP contribution is 2.21. The summed E-state index contributed by atoms with van der Waals surface area (Å²) in [5, 5.41) is 13.6. The van der Waals surface area contributed by atoms with Gasteiger partial charge in [0.1, 0.15) is 0 Å². The van der Waals surface area contributed by atoms with Crippen molar-refractivity contribution < 1.29 is 14.5 Å². The van der Waals surface area contributed by atoms with Gasteiger partial charge >= 0.3 is 11.7 Å². The van der Waals surface area contributed by atoms with E-state index in [4.69, 9.17) is 4.74 Å². The molecular formula is C11H15N3O4. The first kappa shape index (κ1) is 13.9. The molecule has 0 radical (unpaired) electrons. The number of pyridine rings is 1. The van der Waals surface area contributed by atoms with Crippen LogP contribution < -0.4 is 5.32 Å². The molecule has 1 N–H and O–H groups in total. The molecule has 1 unspecified atom stereocenters. The molecule has 1 heterocycles. The van der Waals surface area contributed by atoms with Gasteiger partial charge in [-0.3, -0.25) is 14.9 Å². The molecule has 98 valence electrons. The first-order valence-electron chi connectivity index (χ1n) is 5.56. The van der Waals surface area contributed by atoms with E-state index in [9.17, 15) is 14.9 Å². The number of hydrogen-bond donors (Lipinski definition) is 1. The number of rotatable bonds is 6. The Morgan fingerprint density at radius 3 is 3.00 bits per heavy atom. The van der Waals surface area contributed by atoms with E-state index in [0.29, 0.717) is 6.61 Å². The Morgan fingerprint density at radius 1 is 1.67 bits per heavy atom. The van der Waals surface area contributed by atoms with Crippen LogP contribution in [0.3, 0.4) is 0 Å². The third-order valence-electron chi connectivity index (χ3n) is 2.14. The fourth-order valence-electron chi connectivity index (χ4n) is 1.41. The topological polar surface area (TPSA) is 94.4 Å². The quantitative estimate of drug-likeness (QED) is 0.471. The maximum atomic E-state index is 11.2. The minimum absolute atomic E-state index is 0.117. The van der Waals surface area contributed by atoms with Crippen LogP contribution in [0.4, 0.5) is 11.5 Å². The number of nitrogens with zero attached hydrogens (tertiary/aromatic N) is 2. The Labute approximate surface area is 104 Å². The van der Waals surface area contributed by atoms with Crippen molar-refractivity contribution in [2.75, 3.05) is 11.9 Å². The van der Waals surface area contributed by atoms with Gasteiger partial charge in [-0.2, -0.15) is 0 Å². The minimum atomic E-state index is -0.521. The van der Waals surface area contributed by atoms with E-state index in [1.165, 1.54) is 18.3 Å². The second kappa shape index (κ2) is 6.53. The van der Waals surface area contributed by atoms with E-state index >= 15 is 0 Å². The molecule has 0 amide bonds. The molecule has 0 spiro atoms. The summed E-state index contributed by atoms with van der Waals surface area (Å²) in [5.74, 6) is -0.199. The number of aromatic nitrogens is 1. The zero-order valence-corrected chi connectivity index (χ0v) is 10.3. The van der Waals surface area contributed by atoms with Gasteiger partial charge < -0.3 is 10.1 Å². The van der Waals surface area contributed by atoms with Crippen LogP contribution in [-0.4, -0.2) is 28.5 Å². The van der Waals surface area contributed by atoms with E-state index in [1.807, 2.05) is 0 Å². The van der Waals surface area contributed by atoms with Crippen molar-refractivity contribution in [2.45, 2.75) is 26.3 Å². The number of esters is 1. The Kier molecular flexibility index (Phi) is 5.04. The van der Waals surface area contributed by atoms with Crippen molar-refractivity contribution in [3.05, 3.63) is 28.4 Å². The fourth-order valence-corrected chi connectivity index (χ4v) is 1.41. The Morgan fingerprint density at radius 2 is 2.39 bits per heavy atom. The molecule has 1 atom stereocenters. The molecule has 7 nitrogen and oxygen atoms in total. The highest BCUT2D eigenvalue weighted by molar-refractivity contribution is 5.71. The van der Waals surface area contributed by atoms with Crippen molar-refractivity contribution in [1.82, 2.24) is 4.98 Å². The second-order valence-corrected chi connectivity index (χ2v) is 3.68. The van der Waals surface area contributed by atoms with Crippen LogP contribution in [0.5, 0.6) is 0 Å². The first-order chi connectivity index (χ1) is 8.54. The van der Waals surface area contributed by atoms with Crippen LogP contribution in [-0.2, 0) is 9.53 Å². The van der Waals surface area contributed by atoms with Crippen molar-refractivity contribution in [1.29, 1.82) is 0 Å². The molecular weight excluding hydrogens is 238 g/mol. The van der Waals surface area contributed by atoms with Gasteiger partial charge in [0, 0.05) is 18.3 Å². The highest BCUT2D eigenvalue weighted by atomic mass is 16.6. The number of carbonyl (C=O) groups is 1. The maximum Gasteiger partial charge on any atom is 0.311 e. The van der Waals surface area contributed by atoms with Gasteiger partial charge in [0.25, 0.3) is 0 Å². The summed E-state index contributed by atoms with van der Waals surface area (Å²) in [6.07, 6.45) is 1.58. The normalized spacial score (nSPS) is 11.7. The fraction of sp³-hybridized carbons (Fsp3) is 0.455. The molecule has 0 saturated heterocycles. The standard InChI is InChI=1S/C11H15N3O4/c1-3-18-10(15)7-8(2)13-11-9(14(16)17)5-4-6-12-11/h4-6,8H,3,7H2,1-2H3,(H,12,13). The summed E-state index contributed by atoms with van der Waals surface area (Å²) in [5.41, 5.74) is -0.117. The monoisotopic (exact) mass is 253 g/mol. The number of carbonyl (C=O) groups excluding carboxylic acids is 1. The van der Waals surface area contributed by atoms with Crippen LogP contribution in [0.15, 0.2) is 18.3 Å². The van der Waals surface area contributed by atoms with E-state index < -0.39 is 4.92 Å². The molecule has 7 heteroatoms. The molecule has 0 aliphatic rings. The lowest BCUT2D eigenvalue weighted by atomic mass is 10.2. The van der Waals surface area contributed by atoms with Gasteiger partial charge in [-0.15, -0.1) is 0 Å². The van der Waals surface area contributed by atoms with E-state index in [-0.39, 0.29) is 29.9 Å². The van der Waals surface area contributed by atoms with Gasteiger partial charge in [0.2, 0.25) is 5.82 Å². The van der Waals surface area contributed by atoms with Crippen molar-refractivity contribution >= 4 is 17.5 Å². The highest BCUT2D eigenvalue weighted by Gasteiger charge is 2.17. The summed E-state index contributed by atoms with van der Waals surface area (Å²) in [4.78, 5) is 25.4. The largest absolute Gasteiger partial charge is 0.466 e. The predicted octanol–water partition coefficient (Wildman–Crippen LogP) is 1.74. The molecule has 0 fully saturated rings. The second-order valence-electron chi connectivity index (χ2n) is 3.68. The van der Waals surface area contributed by atoms with Crippen molar-refractivity contribution in [3.63, 3.8) is 0 Å². The smallest absolute Gasteiger partial charge is 0.311 e. The predicted molar refractivity (Wildman–Crippen MR) is 65.2 cm³/mol. The Balaban J connectivity index is 2.67. The number of anilines is 1. The Bertz CT molecular complexity index is 436. The van der Waals surface area contributed by atoms with Gasteiger partial charge in [0.05, 0.1) is 18.0 Å². The SMILES string of the molecule is CCOC(=O)CC(C)Nc1ncccc1[N+](=O)[O-]. The zero-order chi connectivity index (χ0) is 13.5. The molecule has 0 aromatic carbocycles.